The fraction of sp³-hybridized carbons (Fsp3) is 0.381. The fourth-order valence-corrected chi connectivity index (χ4v) is 6.31. The summed E-state index contributed by atoms with van der Waals surface area (Å²) in [6.07, 6.45) is 4.41. The molecule has 1 saturated heterocycles. The van der Waals surface area contributed by atoms with Crippen LogP contribution in [0.15, 0.2) is 116 Å². The molecule has 1 N–H and O–H groups in total. The number of rotatable bonds is 17. The molecule has 5 rings (SSSR count). The van der Waals surface area contributed by atoms with Gasteiger partial charge in [0.15, 0.2) is 0 Å². The molecule has 4 aromatic carbocycles. The van der Waals surface area contributed by atoms with E-state index in [4.69, 9.17) is 18.9 Å². The summed E-state index contributed by atoms with van der Waals surface area (Å²) in [6, 6.07) is 36.0. The van der Waals surface area contributed by atoms with Crippen LogP contribution in [0.25, 0.3) is 0 Å². The second-order valence-corrected chi connectivity index (χ2v) is 12.7. The van der Waals surface area contributed by atoms with Gasteiger partial charge in [0.2, 0.25) is 0 Å². The number of aliphatic hydroxyl groups is 1. The maximum Gasteiger partial charge on any atom is 0.115 e. The van der Waals surface area contributed by atoms with Crippen LogP contribution in [0, 0.1) is 12.8 Å². The average Bonchev–Trinajstić information content (AvgIpc) is 3.11. The molecule has 0 amide bonds. The van der Waals surface area contributed by atoms with E-state index >= 15 is 0 Å². The van der Waals surface area contributed by atoms with Crippen LogP contribution in [0.1, 0.15) is 64.8 Å². The zero-order valence-corrected chi connectivity index (χ0v) is 27.9. The van der Waals surface area contributed by atoms with E-state index in [-0.39, 0.29) is 30.8 Å². The van der Waals surface area contributed by atoms with E-state index in [1.165, 1.54) is 22.3 Å². The SMILES string of the molecule is C=CCOCCCCc1ccc(Cc2cc([C@@H]3O[C@H](CO)[C@@H](C)[C@H](OCc4ccccc4)[C@H]3OCc3ccccc3)ccc2C)cc1. The number of hydrogen-bond donors (Lipinski definition) is 1. The maximum atomic E-state index is 10.4. The van der Waals surface area contributed by atoms with E-state index in [0.717, 1.165) is 49.0 Å². The van der Waals surface area contributed by atoms with Gasteiger partial charge in [-0.15, -0.1) is 6.58 Å². The third kappa shape index (κ3) is 9.96. The minimum absolute atomic E-state index is 0.0659. The molecule has 1 heterocycles. The molecule has 1 aliphatic heterocycles. The molecule has 1 fully saturated rings. The van der Waals surface area contributed by atoms with Crippen molar-refractivity contribution in [3.8, 4) is 0 Å². The third-order valence-corrected chi connectivity index (χ3v) is 9.16. The highest BCUT2D eigenvalue weighted by molar-refractivity contribution is 5.38. The third-order valence-electron chi connectivity index (χ3n) is 9.16. The van der Waals surface area contributed by atoms with E-state index in [2.05, 4.69) is 87.2 Å². The van der Waals surface area contributed by atoms with Crippen LogP contribution in [0.5, 0.6) is 0 Å². The quantitative estimate of drug-likeness (QED) is 0.0935. The zero-order valence-electron chi connectivity index (χ0n) is 27.9. The van der Waals surface area contributed by atoms with Crippen LogP contribution in [-0.4, -0.2) is 43.2 Å². The van der Waals surface area contributed by atoms with Crippen molar-refractivity contribution in [3.05, 3.63) is 155 Å². The molecule has 0 bridgehead atoms. The molecule has 0 unspecified atom stereocenters. The zero-order chi connectivity index (χ0) is 32.8. The van der Waals surface area contributed by atoms with Gasteiger partial charge >= 0.3 is 0 Å². The van der Waals surface area contributed by atoms with Crippen LogP contribution >= 0.6 is 0 Å². The van der Waals surface area contributed by atoms with E-state index in [0.29, 0.717) is 19.8 Å². The first-order valence-electron chi connectivity index (χ1n) is 17.0. The largest absolute Gasteiger partial charge is 0.394 e. The minimum atomic E-state index is -0.398. The second kappa shape index (κ2) is 18.1. The Bertz CT molecular complexity index is 1490. The smallest absolute Gasteiger partial charge is 0.115 e. The normalized spacial score (nSPS) is 21.0. The van der Waals surface area contributed by atoms with Crippen molar-refractivity contribution in [2.75, 3.05) is 19.8 Å². The Balaban J connectivity index is 1.34. The molecular weight excluding hydrogens is 584 g/mol. The molecule has 0 saturated carbocycles. The standard InChI is InChI=1S/C42H50O5/c1-4-24-44-25-12-11-13-33-19-21-34(22-20-33)26-38-27-37(23-18-31(38)2)41-42(46-30-36-16-9-6-10-17-36)40(32(3)39(28-43)47-41)45-29-35-14-7-5-8-15-35/h4-10,14-23,27,32,39-43H,1,11-13,24-26,28-30H2,2-3H3/t32-,39-,40+,41+,42-/m1/s1. The highest BCUT2D eigenvalue weighted by Gasteiger charge is 2.45. The highest BCUT2D eigenvalue weighted by atomic mass is 16.6. The van der Waals surface area contributed by atoms with Crippen LogP contribution in [-0.2, 0) is 45.0 Å². The van der Waals surface area contributed by atoms with Gasteiger partial charge < -0.3 is 24.1 Å². The van der Waals surface area contributed by atoms with Crippen LogP contribution < -0.4 is 0 Å². The molecular formula is C42H50O5. The van der Waals surface area contributed by atoms with Gasteiger partial charge in [0.25, 0.3) is 0 Å². The lowest BCUT2D eigenvalue weighted by atomic mass is 9.84. The second-order valence-electron chi connectivity index (χ2n) is 12.7. The Labute approximate surface area is 281 Å². The van der Waals surface area contributed by atoms with Crippen LogP contribution in [0.3, 0.4) is 0 Å². The molecule has 4 aromatic rings. The molecule has 1 aliphatic rings. The number of hydrogen-bond acceptors (Lipinski definition) is 5. The maximum absolute atomic E-state index is 10.4. The lowest BCUT2D eigenvalue weighted by molar-refractivity contribution is -0.240. The van der Waals surface area contributed by atoms with Crippen molar-refractivity contribution < 1.29 is 24.1 Å². The molecule has 248 valence electrons. The van der Waals surface area contributed by atoms with E-state index in [1.807, 2.05) is 36.4 Å². The molecule has 5 heteroatoms. The molecule has 0 radical (unpaired) electrons. The highest BCUT2D eigenvalue weighted by Crippen LogP contribution is 2.40. The van der Waals surface area contributed by atoms with Crippen molar-refractivity contribution in [2.24, 2.45) is 5.92 Å². The number of aliphatic hydroxyl groups excluding tert-OH is 1. The Morgan fingerprint density at radius 3 is 2.04 bits per heavy atom. The molecule has 47 heavy (non-hydrogen) atoms. The fourth-order valence-electron chi connectivity index (χ4n) is 6.31. The van der Waals surface area contributed by atoms with Gasteiger partial charge in [0, 0.05) is 12.5 Å². The first kappa shape index (κ1) is 34.7. The summed E-state index contributed by atoms with van der Waals surface area (Å²) in [5.41, 5.74) is 8.35. The van der Waals surface area contributed by atoms with Gasteiger partial charge in [-0.05, 0) is 71.6 Å². The minimum Gasteiger partial charge on any atom is -0.394 e. The molecule has 0 aromatic heterocycles. The average molecular weight is 635 g/mol. The summed E-state index contributed by atoms with van der Waals surface area (Å²) in [4.78, 5) is 0. The molecule has 0 spiro atoms. The van der Waals surface area contributed by atoms with E-state index < -0.39 is 6.10 Å². The van der Waals surface area contributed by atoms with Crippen molar-refractivity contribution in [2.45, 2.75) is 77.2 Å². The Morgan fingerprint density at radius 2 is 1.40 bits per heavy atom. The lowest BCUT2D eigenvalue weighted by Crippen LogP contribution is -2.53. The summed E-state index contributed by atoms with van der Waals surface area (Å²) in [6.45, 7) is 10.2. The van der Waals surface area contributed by atoms with Crippen LogP contribution in [0.4, 0.5) is 0 Å². The van der Waals surface area contributed by atoms with Gasteiger partial charge in [0.1, 0.15) is 12.2 Å². The predicted molar refractivity (Wildman–Crippen MR) is 188 cm³/mol. The van der Waals surface area contributed by atoms with Gasteiger partial charge in [-0.1, -0.05) is 116 Å². The lowest BCUT2D eigenvalue weighted by Gasteiger charge is -2.45. The van der Waals surface area contributed by atoms with Gasteiger partial charge in [0.05, 0.1) is 38.6 Å². The Kier molecular flexibility index (Phi) is 13.4. The molecule has 5 nitrogen and oxygen atoms in total. The summed E-state index contributed by atoms with van der Waals surface area (Å²) >= 11 is 0. The van der Waals surface area contributed by atoms with Crippen molar-refractivity contribution >= 4 is 0 Å². The van der Waals surface area contributed by atoms with Crippen molar-refractivity contribution in [1.29, 1.82) is 0 Å². The predicted octanol–water partition coefficient (Wildman–Crippen LogP) is 8.35. The molecule has 5 atom stereocenters. The number of aryl methyl sites for hydroxylation is 2. The number of unbranched alkanes of at least 4 members (excludes halogenated alkanes) is 1. The number of benzene rings is 4. The van der Waals surface area contributed by atoms with Crippen molar-refractivity contribution in [1.82, 2.24) is 0 Å². The summed E-state index contributed by atoms with van der Waals surface area (Å²) in [5, 5.41) is 10.4. The topological polar surface area (TPSA) is 57.2 Å². The monoisotopic (exact) mass is 634 g/mol. The summed E-state index contributed by atoms with van der Waals surface area (Å²) in [7, 11) is 0. The summed E-state index contributed by atoms with van der Waals surface area (Å²) in [5.74, 6) is -0.0659. The molecule has 0 aliphatic carbocycles. The van der Waals surface area contributed by atoms with E-state index in [9.17, 15) is 5.11 Å². The van der Waals surface area contributed by atoms with Gasteiger partial charge in [-0.3, -0.25) is 0 Å². The Morgan fingerprint density at radius 1 is 0.766 bits per heavy atom. The first-order chi connectivity index (χ1) is 23.1. The summed E-state index contributed by atoms with van der Waals surface area (Å²) < 4.78 is 25.6. The van der Waals surface area contributed by atoms with Gasteiger partial charge in [-0.25, -0.2) is 0 Å². The number of ether oxygens (including phenoxy) is 4. The van der Waals surface area contributed by atoms with Crippen LogP contribution in [0.2, 0.25) is 0 Å². The first-order valence-corrected chi connectivity index (χ1v) is 17.0. The van der Waals surface area contributed by atoms with Gasteiger partial charge in [-0.2, -0.15) is 0 Å². The van der Waals surface area contributed by atoms with Crippen molar-refractivity contribution in [3.63, 3.8) is 0 Å². The Hall–Kier alpha value is -3.58. The van der Waals surface area contributed by atoms with E-state index in [1.54, 1.807) is 6.08 Å².